The van der Waals surface area contributed by atoms with Gasteiger partial charge in [-0.1, -0.05) is 24.3 Å². The lowest BCUT2D eigenvalue weighted by Gasteiger charge is -2.23. The van der Waals surface area contributed by atoms with Gasteiger partial charge >= 0.3 is 0 Å². The first-order valence-electron chi connectivity index (χ1n) is 9.11. The van der Waals surface area contributed by atoms with Crippen LogP contribution in [0.2, 0.25) is 0 Å². The van der Waals surface area contributed by atoms with E-state index in [0.29, 0.717) is 11.5 Å². The van der Waals surface area contributed by atoms with E-state index in [2.05, 4.69) is 54.4 Å². The number of rotatable bonds is 6. The third kappa shape index (κ3) is 10.7. The van der Waals surface area contributed by atoms with E-state index in [9.17, 15) is 10.2 Å². The molecular weight excluding hydrogens is 324 g/mol. The van der Waals surface area contributed by atoms with Crippen LogP contribution >= 0.6 is 0 Å². The van der Waals surface area contributed by atoms with E-state index in [-0.39, 0.29) is 0 Å². The molecule has 0 saturated heterocycles. The maximum absolute atomic E-state index is 9.24. The van der Waals surface area contributed by atoms with E-state index in [1.807, 2.05) is 24.3 Å². The summed E-state index contributed by atoms with van der Waals surface area (Å²) in [7, 11) is 13.0. The van der Waals surface area contributed by atoms with Crippen molar-refractivity contribution >= 4 is 0 Å². The van der Waals surface area contributed by atoms with E-state index in [4.69, 9.17) is 0 Å². The summed E-state index contributed by atoms with van der Waals surface area (Å²) in [5.74, 6) is 0.720. The van der Waals surface area contributed by atoms with Gasteiger partial charge in [0.25, 0.3) is 0 Å². The summed E-state index contributed by atoms with van der Waals surface area (Å²) in [6.07, 6.45) is 2.02. The van der Waals surface area contributed by atoms with Crippen LogP contribution in [-0.2, 0) is 12.8 Å². The lowest BCUT2D eigenvalue weighted by molar-refractivity contribution is -0.870. The Hall–Kier alpha value is -2.04. The lowest BCUT2D eigenvalue weighted by Crippen LogP contribution is -2.36. The molecule has 0 atom stereocenters. The SMILES string of the molecule is C[N+](C)(C)CCc1cccc(O)c1.C[N+](C)(C)CCc1cccc(O)c1. The topological polar surface area (TPSA) is 40.5 Å². The fourth-order valence-electron chi connectivity index (χ4n) is 2.35. The van der Waals surface area contributed by atoms with Crippen molar-refractivity contribution in [3.05, 3.63) is 59.7 Å². The smallest absolute Gasteiger partial charge is 0.115 e. The Bertz CT molecular complexity index is 611. The van der Waals surface area contributed by atoms with Crippen LogP contribution in [0.1, 0.15) is 11.1 Å². The highest BCUT2D eigenvalue weighted by Crippen LogP contribution is 2.12. The minimum atomic E-state index is 0.360. The highest BCUT2D eigenvalue weighted by molar-refractivity contribution is 5.27. The second kappa shape index (κ2) is 9.60. The molecule has 4 heteroatoms. The van der Waals surface area contributed by atoms with Crippen molar-refractivity contribution in [1.82, 2.24) is 0 Å². The fourth-order valence-corrected chi connectivity index (χ4v) is 2.35. The van der Waals surface area contributed by atoms with Crippen molar-refractivity contribution in [2.75, 3.05) is 55.4 Å². The van der Waals surface area contributed by atoms with Gasteiger partial charge in [0.2, 0.25) is 0 Å². The molecule has 0 unspecified atom stereocenters. The quantitative estimate of drug-likeness (QED) is 0.776. The number of quaternary nitrogens is 2. The molecule has 2 aromatic carbocycles. The molecule has 2 N–H and O–H groups in total. The number of benzene rings is 2. The molecule has 0 spiro atoms. The molecule has 2 rings (SSSR count). The van der Waals surface area contributed by atoms with Crippen molar-refractivity contribution in [1.29, 1.82) is 0 Å². The Labute approximate surface area is 159 Å². The van der Waals surface area contributed by atoms with E-state index in [1.54, 1.807) is 12.1 Å². The van der Waals surface area contributed by atoms with E-state index >= 15 is 0 Å². The van der Waals surface area contributed by atoms with Gasteiger partial charge in [-0.05, 0) is 35.4 Å². The van der Waals surface area contributed by atoms with E-state index in [0.717, 1.165) is 34.9 Å². The Kier molecular flexibility index (Phi) is 8.12. The van der Waals surface area contributed by atoms with Gasteiger partial charge in [-0.15, -0.1) is 0 Å². The number of likely N-dealkylation sites (N-methyl/N-ethyl adjacent to an activating group) is 2. The largest absolute Gasteiger partial charge is 0.508 e. The predicted octanol–water partition coefficient (Wildman–Crippen LogP) is 3.28. The van der Waals surface area contributed by atoms with Crippen LogP contribution in [0.15, 0.2) is 48.5 Å². The average Bonchev–Trinajstić information content (AvgIpc) is 2.51. The van der Waals surface area contributed by atoms with Crippen LogP contribution in [0.4, 0.5) is 0 Å². The Morgan fingerprint density at radius 1 is 0.615 bits per heavy atom. The Morgan fingerprint density at radius 2 is 0.962 bits per heavy atom. The standard InChI is InChI=1S/2C11H17NO/c2*1-12(2,3)8-7-10-5-4-6-11(13)9-10/h2*4-6,9H,7-8H2,1-3H3/p+2. The Morgan fingerprint density at radius 3 is 1.23 bits per heavy atom. The zero-order valence-electron chi connectivity index (χ0n) is 17.2. The van der Waals surface area contributed by atoms with Gasteiger partial charge in [0.1, 0.15) is 11.5 Å². The summed E-state index contributed by atoms with van der Waals surface area (Å²) in [5, 5.41) is 18.5. The van der Waals surface area contributed by atoms with Crippen LogP contribution < -0.4 is 0 Å². The Balaban J connectivity index is 0.000000260. The molecule has 0 heterocycles. The van der Waals surface area contributed by atoms with Gasteiger partial charge in [0.15, 0.2) is 0 Å². The first kappa shape index (κ1) is 22.0. The van der Waals surface area contributed by atoms with Gasteiger partial charge in [-0.2, -0.15) is 0 Å². The summed E-state index contributed by atoms with van der Waals surface area (Å²) < 4.78 is 1.91. The molecule has 0 aliphatic rings. The summed E-state index contributed by atoms with van der Waals surface area (Å²) in [5.41, 5.74) is 2.40. The molecular formula is C22H36N2O2+2. The van der Waals surface area contributed by atoms with Crippen LogP contribution in [0.3, 0.4) is 0 Å². The second-order valence-corrected chi connectivity index (χ2v) is 8.87. The van der Waals surface area contributed by atoms with Crippen LogP contribution in [0.5, 0.6) is 11.5 Å². The van der Waals surface area contributed by atoms with E-state index < -0.39 is 0 Å². The zero-order valence-corrected chi connectivity index (χ0v) is 17.2. The van der Waals surface area contributed by atoms with Gasteiger partial charge in [0.05, 0.1) is 55.4 Å². The van der Waals surface area contributed by atoms with Gasteiger partial charge in [0, 0.05) is 12.8 Å². The number of nitrogens with zero attached hydrogens (tertiary/aromatic N) is 2. The third-order valence-electron chi connectivity index (χ3n) is 3.96. The minimum Gasteiger partial charge on any atom is -0.508 e. The second-order valence-electron chi connectivity index (χ2n) is 8.87. The van der Waals surface area contributed by atoms with Gasteiger partial charge in [-0.3, -0.25) is 0 Å². The molecule has 0 bridgehead atoms. The maximum atomic E-state index is 9.24. The average molecular weight is 361 g/mol. The lowest BCUT2D eigenvalue weighted by atomic mass is 10.1. The normalized spacial score (nSPS) is 11.6. The number of hydrogen-bond donors (Lipinski definition) is 2. The monoisotopic (exact) mass is 360 g/mol. The molecule has 0 aromatic heterocycles. The molecule has 0 aliphatic heterocycles. The van der Waals surface area contributed by atoms with Crippen molar-refractivity contribution in [3.8, 4) is 11.5 Å². The molecule has 0 aliphatic carbocycles. The molecule has 4 nitrogen and oxygen atoms in total. The molecule has 0 radical (unpaired) electrons. The molecule has 2 aromatic rings. The van der Waals surface area contributed by atoms with Crippen LogP contribution in [-0.4, -0.2) is 74.6 Å². The highest BCUT2D eigenvalue weighted by Gasteiger charge is 2.07. The number of aromatic hydroxyl groups is 2. The number of phenolic OH excluding ortho intramolecular Hbond substituents is 2. The van der Waals surface area contributed by atoms with Crippen molar-refractivity contribution < 1.29 is 19.2 Å². The van der Waals surface area contributed by atoms with E-state index in [1.165, 1.54) is 11.1 Å². The van der Waals surface area contributed by atoms with Crippen LogP contribution in [0.25, 0.3) is 0 Å². The first-order chi connectivity index (χ1) is 11.9. The van der Waals surface area contributed by atoms with Crippen LogP contribution in [0, 0.1) is 0 Å². The van der Waals surface area contributed by atoms with Gasteiger partial charge in [-0.25, -0.2) is 0 Å². The molecule has 0 amide bonds. The number of phenols is 2. The molecule has 26 heavy (non-hydrogen) atoms. The fraction of sp³-hybridized carbons (Fsp3) is 0.455. The molecule has 0 fully saturated rings. The molecule has 144 valence electrons. The highest BCUT2D eigenvalue weighted by atomic mass is 16.3. The summed E-state index contributed by atoms with van der Waals surface area (Å²) in [6, 6.07) is 14.9. The summed E-state index contributed by atoms with van der Waals surface area (Å²) in [6.45, 7) is 2.17. The summed E-state index contributed by atoms with van der Waals surface area (Å²) in [4.78, 5) is 0. The number of hydrogen-bond acceptors (Lipinski definition) is 2. The first-order valence-corrected chi connectivity index (χ1v) is 9.11. The third-order valence-corrected chi connectivity index (χ3v) is 3.96. The zero-order chi connectivity index (χ0) is 19.8. The molecule has 0 saturated carbocycles. The van der Waals surface area contributed by atoms with Gasteiger partial charge < -0.3 is 19.2 Å². The predicted molar refractivity (Wildman–Crippen MR) is 109 cm³/mol. The minimum absolute atomic E-state index is 0.360. The maximum Gasteiger partial charge on any atom is 0.115 e. The summed E-state index contributed by atoms with van der Waals surface area (Å²) >= 11 is 0. The van der Waals surface area contributed by atoms with Crippen molar-refractivity contribution in [2.45, 2.75) is 12.8 Å². The van der Waals surface area contributed by atoms with Crippen molar-refractivity contribution in [3.63, 3.8) is 0 Å². The van der Waals surface area contributed by atoms with Crippen molar-refractivity contribution in [2.24, 2.45) is 0 Å².